The maximum Gasteiger partial charge on any atom is 0.418 e. The topological polar surface area (TPSA) is 51.5 Å². The van der Waals surface area contributed by atoms with Gasteiger partial charge in [-0.1, -0.05) is 12.1 Å². The van der Waals surface area contributed by atoms with Crippen LogP contribution in [0.15, 0.2) is 42.6 Å². The number of benzene rings is 2. The van der Waals surface area contributed by atoms with Crippen LogP contribution in [0.5, 0.6) is 5.75 Å². The van der Waals surface area contributed by atoms with Crippen LogP contribution in [0.2, 0.25) is 0 Å². The molecule has 0 radical (unpaired) electrons. The molecule has 0 bridgehead atoms. The Morgan fingerprint density at radius 3 is 2.41 bits per heavy atom. The molecule has 4 nitrogen and oxygen atoms in total. The number of hydrogen-bond donors (Lipinski definition) is 1. The Kier molecular flexibility index (Phi) is 6.62. The van der Waals surface area contributed by atoms with Gasteiger partial charge < -0.3 is 14.4 Å². The molecule has 170 valence electrons. The van der Waals surface area contributed by atoms with Gasteiger partial charge in [0.05, 0.1) is 16.9 Å². The van der Waals surface area contributed by atoms with Gasteiger partial charge in [-0.15, -0.1) is 0 Å². The van der Waals surface area contributed by atoms with Crippen molar-refractivity contribution in [3.8, 4) is 11.4 Å². The van der Waals surface area contributed by atoms with Gasteiger partial charge in [-0.25, -0.2) is 4.39 Å². The van der Waals surface area contributed by atoms with Gasteiger partial charge in [0, 0.05) is 12.6 Å². The van der Waals surface area contributed by atoms with E-state index in [-0.39, 0.29) is 17.8 Å². The number of hydrogen-bond acceptors (Lipinski definition) is 2. The number of aryl methyl sites for hydroxylation is 2. The lowest BCUT2D eigenvalue weighted by molar-refractivity contribution is -0.139. The minimum Gasteiger partial charge on any atom is -0.487 e. The Labute approximate surface area is 183 Å². The van der Waals surface area contributed by atoms with Gasteiger partial charge in [0.2, 0.25) is 0 Å². The summed E-state index contributed by atoms with van der Waals surface area (Å²) in [4.78, 5) is 10.8. The molecule has 3 rings (SSSR count). The van der Waals surface area contributed by atoms with E-state index in [2.05, 4.69) is 0 Å². The van der Waals surface area contributed by atoms with Crippen molar-refractivity contribution >= 4 is 5.97 Å². The van der Waals surface area contributed by atoms with Crippen LogP contribution in [-0.2, 0) is 24.0 Å². The maximum atomic E-state index is 14.5. The summed E-state index contributed by atoms with van der Waals surface area (Å²) < 4.78 is 62.2. The van der Waals surface area contributed by atoms with Crippen molar-refractivity contribution in [2.75, 3.05) is 0 Å². The van der Waals surface area contributed by atoms with Gasteiger partial charge in [-0.05, 0) is 73.7 Å². The first-order chi connectivity index (χ1) is 15.0. The summed E-state index contributed by atoms with van der Waals surface area (Å²) in [7, 11) is 0. The molecule has 8 heteroatoms. The van der Waals surface area contributed by atoms with Crippen LogP contribution in [0.3, 0.4) is 0 Å². The second-order valence-corrected chi connectivity index (χ2v) is 7.65. The van der Waals surface area contributed by atoms with E-state index in [1.165, 1.54) is 18.3 Å². The van der Waals surface area contributed by atoms with E-state index in [0.717, 1.165) is 21.8 Å². The van der Waals surface area contributed by atoms with Crippen LogP contribution in [0.25, 0.3) is 5.69 Å². The number of halogens is 4. The first-order valence-electron chi connectivity index (χ1n) is 9.96. The van der Waals surface area contributed by atoms with E-state index in [0.29, 0.717) is 23.3 Å². The molecule has 0 saturated heterocycles. The fraction of sp³-hybridized carbons (Fsp3) is 0.292. The van der Waals surface area contributed by atoms with Gasteiger partial charge in [-0.2, -0.15) is 13.2 Å². The molecule has 1 heterocycles. The molecule has 0 unspecified atom stereocenters. The van der Waals surface area contributed by atoms with Crippen molar-refractivity contribution in [2.45, 2.75) is 46.4 Å². The minimum absolute atomic E-state index is 0.00150. The summed E-state index contributed by atoms with van der Waals surface area (Å²) in [5, 5.41) is 8.88. The highest BCUT2D eigenvalue weighted by Gasteiger charge is 2.36. The van der Waals surface area contributed by atoms with Crippen molar-refractivity contribution in [1.29, 1.82) is 0 Å². The zero-order valence-electron chi connectivity index (χ0n) is 17.9. The van der Waals surface area contributed by atoms with Crippen LogP contribution < -0.4 is 4.74 Å². The molecule has 0 saturated carbocycles. The second kappa shape index (κ2) is 9.06. The lowest BCUT2D eigenvalue weighted by atomic mass is 9.99. The molecule has 0 aliphatic rings. The summed E-state index contributed by atoms with van der Waals surface area (Å²) in [6.07, 6.45) is -3.12. The Balaban J connectivity index is 1.94. The van der Waals surface area contributed by atoms with Gasteiger partial charge >= 0.3 is 12.1 Å². The summed E-state index contributed by atoms with van der Waals surface area (Å²) in [6, 6.07) is 8.55. The number of carbonyl (C=O) groups is 1. The van der Waals surface area contributed by atoms with Gasteiger partial charge in [0.25, 0.3) is 0 Å². The average molecular weight is 449 g/mol. The Morgan fingerprint density at radius 2 is 1.78 bits per heavy atom. The molecule has 32 heavy (non-hydrogen) atoms. The highest BCUT2D eigenvalue weighted by atomic mass is 19.4. The predicted octanol–water partition coefficient (Wildman–Crippen LogP) is 6.16. The number of carboxylic acid groups (broad SMARTS) is 1. The van der Waals surface area contributed by atoms with Crippen molar-refractivity contribution in [3.05, 3.63) is 81.9 Å². The van der Waals surface area contributed by atoms with Gasteiger partial charge in [-0.3, -0.25) is 4.79 Å². The highest BCUT2D eigenvalue weighted by Crippen LogP contribution is 2.35. The normalized spacial score (nSPS) is 11.6. The number of ether oxygens (including phenoxy) is 1. The van der Waals surface area contributed by atoms with Gasteiger partial charge in [0.1, 0.15) is 18.2 Å². The molecule has 1 aromatic heterocycles. The number of rotatable bonds is 7. The van der Waals surface area contributed by atoms with E-state index >= 15 is 0 Å². The Morgan fingerprint density at radius 1 is 1.06 bits per heavy atom. The van der Waals surface area contributed by atoms with E-state index in [9.17, 15) is 22.4 Å². The van der Waals surface area contributed by atoms with Crippen LogP contribution in [0.4, 0.5) is 17.6 Å². The molecule has 0 aliphatic carbocycles. The molecule has 1 N–H and O–H groups in total. The number of aliphatic carboxylic acids is 1. The standard InChI is InChI=1S/C24H23F4NO3/c1-14-4-7-20(19(25)12-14)29-11-10-18(24(26,27)28)21(29)13-32-22-8-5-17(6-9-23(30)31)15(2)16(22)3/h4-5,7-8,10-12H,6,9,13H2,1-3H3,(H,30,31). The van der Waals surface area contributed by atoms with E-state index < -0.39 is 30.1 Å². The lowest BCUT2D eigenvalue weighted by Crippen LogP contribution is -2.13. The quantitative estimate of drug-likeness (QED) is 0.440. The summed E-state index contributed by atoms with van der Waals surface area (Å²) in [6.45, 7) is 4.84. The maximum absolute atomic E-state index is 14.5. The van der Waals surface area contributed by atoms with Crippen LogP contribution >= 0.6 is 0 Å². The van der Waals surface area contributed by atoms with Crippen molar-refractivity contribution < 1.29 is 32.2 Å². The lowest BCUT2D eigenvalue weighted by Gasteiger charge is -2.17. The molecule has 0 fully saturated rings. The third kappa shape index (κ3) is 4.95. The minimum atomic E-state index is -4.63. The zero-order chi connectivity index (χ0) is 23.6. The molecule has 0 atom stereocenters. The Bertz CT molecular complexity index is 1150. The summed E-state index contributed by atoms with van der Waals surface area (Å²) >= 11 is 0. The fourth-order valence-corrected chi connectivity index (χ4v) is 3.57. The molecule has 2 aromatic carbocycles. The molecular weight excluding hydrogens is 426 g/mol. The van der Waals surface area contributed by atoms with E-state index in [4.69, 9.17) is 9.84 Å². The molecule has 0 aliphatic heterocycles. The summed E-state index contributed by atoms with van der Waals surface area (Å²) in [5.41, 5.74) is 1.90. The van der Waals surface area contributed by atoms with Crippen molar-refractivity contribution in [2.24, 2.45) is 0 Å². The van der Waals surface area contributed by atoms with Crippen LogP contribution in [-0.4, -0.2) is 15.6 Å². The molecular formula is C24H23F4NO3. The number of carboxylic acids is 1. The molecule has 3 aromatic rings. The van der Waals surface area contributed by atoms with E-state index in [1.807, 2.05) is 6.92 Å². The monoisotopic (exact) mass is 449 g/mol. The summed E-state index contributed by atoms with van der Waals surface area (Å²) in [5.74, 6) is -1.16. The van der Waals surface area contributed by atoms with Crippen LogP contribution in [0.1, 0.15) is 39.9 Å². The number of aromatic nitrogens is 1. The fourth-order valence-electron chi connectivity index (χ4n) is 3.57. The second-order valence-electron chi connectivity index (χ2n) is 7.65. The predicted molar refractivity (Wildman–Crippen MR) is 112 cm³/mol. The molecule has 0 spiro atoms. The number of nitrogens with zero attached hydrogens (tertiary/aromatic N) is 1. The molecule has 0 amide bonds. The highest BCUT2D eigenvalue weighted by molar-refractivity contribution is 5.67. The zero-order valence-corrected chi connectivity index (χ0v) is 17.9. The Hall–Kier alpha value is -3.29. The van der Waals surface area contributed by atoms with E-state index in [1.54, 1.807) is 32.0 Å². The van der Waals surface area contributed by atoms with Gasteiger partial charge in [0.15, 0.2) is 0 Å². The van der Waals surface area contributed by atoms with Crippen molar-refractivity contribution in [3.63, 3.8) is 0 Å². The number of alkyl halides is 3. The third-order valence-corrected chi connectivity index (χ3v) is 5.48. The first kappa shape index (κ1) is 23.4. The third-order valence-electron chi connectivity index (χ3n) is 5.48. The van der Waals surface area contributed by atoms with Crippen LogP contribution in [0, 0.1) is 26.6 Å². The van der Waals surface area contributed by atoms with Crippen molar-refractivity contribution in [1.82, 2.24) is 4.57 Å². The SMILES string of the molecule is Cc1ccc(-n2ccc(C(F)(F)F)c2COc2ccc(CCC(=O)O)c(C)c2C)c(F)c1. The largest absolute Gasteiger partial charge is 0.487 e. The average Bonchev–Trinajstić information content (AvgIpc) is 3.12. The first-order valence-corrected chi connectivity index (χ1v) is 9.96. The smallest absolute Gasteiger partial charge is 0.418 e.